The molecule has 0 radical (unpaired) electrons. The average molecular weight is 210 g/mol. The summed E-state index contributed by atoms with van der Waals surface area (Å²) in [6.07, 6.45) is 5.89. The highest BCUT2D eigenvalue weighted by molar-refractivity contribution is 4.78. The molecule has 1 aliphatic heterocycles. The molecule has 2 aliphatic rings. The summed E-state index contributed by atoms with van der Waals surface area (Å²) in [5.74, 6) is 2.90. The van der Waals surface area contributed by atoms with E-state index in [0.29, 0.717) is 0 Å². The lowest BCUT2D eigenvalue weighted by Gasteiger charge is -2.32. The normalized spacial score (nSPS) is 33.8. The van der Waals surface area contributed by atoms with E-state index in [2.05, 4.69) is 24.1 Å². The molecule has 0 aromatic carbocycles. The van der Waals surface area contributed by atoms with Crippen molar-refractivity contribution < 1.29 is 0 Å². The molecule has 1 N–H and O–H groups in total. The van der Waals surface area contributed by atoms with Crippen LogP contribution < -0.4 is 5.32 Å². The molecule has 0 amide bonds. The molecule has 2 nitrogen and oxygen atoms in total. The summed E-state index contributed by atoms with van der Waals surface area (Å²) in [6, 6.07) is 0. The van der Waals surface area contributed by atoms with Gasteiger partial charge in [0.05, 0.1) is 0 Å². The Hall–Kier alpha value is -0.0800. The third-order valence-corrected chi connectivity index (χ3v) is 4.29. The summed E-state index contributed by atoms with van der Waals surface area (Å²) in [5, 5.41) is 3.41. The van der Waals surface area contributed by atoms with E-state index in [1.54, 1.807) is 0 Å². The minimum atomic E-state index is 0.902. The van der Waals surface area contributed by atoms with Crippen molar-refractivity contribution >= 4 is 0 Å². The molecule has 0 aromatic rings. The maximum atomic E-state index is 3.41. The van der Waals surface area contributed by atoms with Gasteiger partial charge in [0.1, 0.15) is 0 Å². The quantitative estimate of drug-likeness (QED) is 0.769. The highest BCUT2D eigenvalue weighted by atomic mass is 15.3. The minimum absolute atomic E-state index is 0.902. The molecule has 1 aliphatic carbocycles. The molecule has 2 fully saturated rings. The van der Waals surface area contributed by atoms with Crippen LogP contribution in [0.2, 0.25) is 0 Å². The summed E-state index contributed by atoms with van der Waals surface area (Å²) in [6.45, 7) is 9.71. The van der Waals surface area contributed by atoms with Gasteiger partial charge in [0, 0.05) is 26.3 Å². The van der Waals surface area contributed by atoms with E-state index in [1.165, 1.54) is 45.3 Å². The van der Waals surface area contributed by atoms with Crippen LogP contribution >= 0.6 is 0 Å². The average Bonchev–Trinajstić information content (AvgIpc) is 2.71. The van der Waals surface area contributed by atoms with Crippen LogP contribution in [0.1, 0.15) is 39.5 Å². The van der Waals surface area contributed by atoms with Crippen LogP contribution in [0.15, 0.2) is 0 Å². The maximum Gasteiger partial charge on any atom is 0.0481 e. The summed E-state index contributed by atoms with van der Waals surface area (Å²) in [5.41, 5.74) is 0. The Morgan fingerprint density at radius 3 is 2.47 bits per heavy atom. The summed E-state index contributed by atoms with van der Waals surface area (Å²) < 4.78 is 0. The molecule has 1 heterocycles. The zero-order valence-corrected chi connectivity index (χ0v) is 10.3. The van der Waals surface area contributed by atoms with E-state index >= 15 is 0 Å². The first kappa shape index (κ1) is 11.4. The predicted molar refractivity (Wildman–Crippen MR) is 64.7 cm³/mol. The van der Waals surface area contributed by atoms with Crippen LogP contribution in [0.3, 0.4) is 0 Å². The Kier molecular flexibility index (Phi) is 4.04. The molecule has 0 bridgehead atoms. The zero-order valence-electron chi connectivity index (χ0n) is 10.3. The lowest BCUT2D eigenvalue weighted by molar-refractivity contribution is 0.179. The Morgan fingerprint density at radius 2 is 1.93 bits per heavy atom. The van der Waals surface area contributed by atoms with Crippen molar-refractivity contribution in [2.24, 2.45) is 17.8 Å². The van der Waals surface area contributed by atoms with Gasteiger partial charge in [-0.3, -0.25) is 4.90 Å². The van der Waals surface area contributed by atoms with Gasteiger partial charge in [0.2, 0.25) is 0 Å². The second-order valence-electron chi connectivity index (χ2n) is 5.76. The monoisotopic (exact) mass is 210 g/mol. The molecular weight excluding hydrogens is 184 g/mol. The van der Waals surface area contributed by atoms with E-state index in [9.17, 15) is 0 Å². The molecule has 0 spiro atoms. The van der Waals surface area contributed by atoms with Crippen LogP contribution in [-0.4, -0.2) is 31.2 Å². The SMILES string of the molecule is CC(C)C1CCC(CN2CCNC2)CC1. The number of nitrogens with zero attached hydrogens (tertiary/aromatic N) is 1. The van der Waals surface area contributed by atoms with E-state index in [0.717, 1.165) is 24.4 Å². The van der Waals surface area contributed by atoms with Crippen LogP contribution in [0, 0.1) is 17.8 Å². The van der Waals surface area contributed by atoms with Gasteiger partial charge >= 0.3 is 0 Å². The lowest BCUT2D eigenvalue weighted by Crippen LogP contribution is -2.31. The number of hydrogen-bond donors (Lipinski definition) is 1. The largest absolute Gasteiger partial charge is 0.303 e. The summed E-state index contributed by atoms with van der Waals surface area (Å²) >= 11 is 0. The van der Waals surface area contributed by atoms with Gasteiger partial charge < -0.3 is 5.32 Å². The van der Waals surface area contributed by atoms with E-state index < -0.39 is 0 Å². The van der Waals surface area contributed by atoms with Crippen molar-refractivity contribution in [3.05, 3.63) is 0 Å². The van der Waals surface area contributed by atoms with Gasteiger partial charge in [-0.05, 0) is 43.4 Å². The third-order valence-electron chi connectivity index (χ3n) is 4.29. The first-order chi connectivity index (χ1) is 7.25. The van der Waals surface area contributed by atoms with Crippen LogP contribution in [0.4, 0.5) is 0 Å². The maximum absolute atomic E-state index is 3.41. The highest BCUT2D eigenvalue weighted by Crippen LogP contribution is 2.33. The predicted octanol–water partition coefficient (Wildman–Crippen LogP) is 2.31. The summed E-state index contributed by atoms with van der Waals surface area (Å²) in [7, 11) is 0. The van der Waals surface area contributed by atoms with Crippen molar-refractivity contribution in [1.29, 1.82) is 0 Å². The third kappa shape index (κ3) is 3.18. The van der Waals surface area contributed by atoms with Gasteiger partial charge in [-0.2, -0.15) is 0 Å². The van der Waals surface area contributed by atoms with Crippen LogP contribution in [0.25, 0.3) is 0 Å². The zero-order chi connectivity index (χ0) is 10.7. The lowest BCUT2D eigenvalue weighted by atomic mass is 9.77. The van der Waals surface area contributed by atoms with E-state index in [-0.39, 0.29) is 0 Å². The summed E-state index contributed by atoms with van der Waals surface area (Å²) in [4.78, 5) is 2.58. The van der Waals surface area contributed by atoms with Crippen molar-refractivity contribution in [3.63, 3.8) is 0 Å². The molecule has 88 valence electrons. The molecule has 0 atom stereocenters. The topological polar surface area (TPSA) is 15.3 Å². The van der Waals surface area contributed by atoms with Gasteiger partial charge in [0.25, 0.3) is 0 Å². The molecule has 1 saturated carbocycles. The first-order valence-corrected chi connectivity index (χ1v) is 6.69. The standard InChI is InChI=1S/C13H26N2/c1-11(2)13-5-3-12(4-6-13)9-15-8-7-14-10-15/h11-14H,3-10H2,1-2H3. The number of nitrogens with one attached hydrogen (secondary N) is 1. The molecule has 2 heteroatoms. The fourth-order valence-corrected chi connectivity index (χ4v) is 3.11. The fourth-order valence-electron chi connectivity index (χ4n) is 3.11. The second-order valence-corrected chi connectivity index (χ2v) is 5.76. The van der Waals surface area contributed by atoms with Crippen molar-refractivity contribution in [1.82, 2.24) is 10.2 Å². The highest BCUT2D eigenvalue weighted by Gasteiger charge is 2.25. The van der Waals surface area contributed by atoms with Gasteiger partial charge in [0.15, 0.2) is 0 Å². The van der Waals surface area contributed by atoms with Gasteiger partial charge in [-0.25, -0.2) is 0 Å². The van der Waals surface area contributed by atoms with E-state index in [4.69, 9.17) is 0 Å². The smallest absolute Gasteiger partial charge is 0.0481 e. The van der Waals surface area contributed by atoms with Gasteiger partial charge in [-0.1, -0.05) is 13.8 Å². The first-order valence-electron chi connectivity index (χ1n) is 6.69. The molecule has 0 aromatic heterocycles. The van der Waals surface area contributed by atoms with Crippen LogP contribution in [0.5, 0.6) is 0 Å². The second kappa shape index (κ2) is 5.31. The molecule has 2 rings (SSSR count). The van der Waals surface area contributed by atoms with Crippen molar-refractivity contribution in [2.45, 2.75) is 39.5 Å². The Bertz CT molecular complexity index is 177. The van der Waals surface area contributed by atoms with Crippen LogP contribution in [-0.2, 0) is 0 Å². The minimum Gasteiger partial charge on any atom is -0.303 e. The number of rotatable bonds is 3. The van der Waals surface area contributed by atoms with Gasteiger partial charge in [-0.15, -0.1) is 0 Å². The molecular formula is C13H26N2. The molecule has 1 saturated heterocycles. The number of hydrogen-bond acceptors (Lipinski definition) is 2. The molecule has 0 unspecified atom stereocenters. The van der Waals surface area contributed by atoms with Crippen molar-refractivity contribution in [3.8, 4) is 0 Å². The molecule has 15 heavy (non-hydrogen) atoms. The Balaban J connectivity index is 1.68. The fraction of sp³-hybridized carbons (Fsp3) is 1.00. The van der Waals surface area contributed by atoms with E-state index in [1.807, 2.05) is 0 Å². The Labute approximate surface area is 94.4 Å². The van der Waals surface area contributed by atoms with Crippen molar-refractivity contribution in [2.75, 3.05) is 26.3 Å². The Morgan fingerprint density at radius 1 is 1.20 bits per heavy atom.